The van der Waals surface area contributed by atoms with Gasteiger partial charge >= 0.3 is 0 Å². The fourth-order valence-electron chi connectivity index (χ4n) is 2.08. The smallest absolute Gasteiger partial charge is 0.0651 e. The minimum Gasteiger partial charge on any atom is -0.328 e. The highest BCUT2D eigenvalue weighted by Gasteiger charge is 2.05. The number of halogens is 1. The number of hydrogen-bond donors (Lipinski definition) is 1. The van der Waals surface area contributed by atoms with Gasteiger partial charge in [-0.25, -0.2) is 4.68 Å². The molecule has 0 aliphatic heterocycles. The van der Waals surface area contributed by atoms with Crippen LogP contribution in [0.2, 0.25) is 0 Å². The Morgan fingerprint density at radius 2 is 2.00 bits per heavy atom. The lowest BCUT2D eigenvalue weighted by molar-refractivity contribution is 0.736. The fraction of sp³-hybridized carbons (Fsp3) is 0.357. The average Bonchev–Trinajstić information content (AvgIpc) is 2.57. The second kappa shape index (κ2) is 6.03. The van der Waals surface area contributed by atoms with E-state index < -0.39 is 0 Å². The van der Waals surface area contributed by atoms with Crippen LogP contribution in [-0.2, 0) is 6.42 Å². The van der Waals surface area contributed by atoms with Crippen molar-refractivity contribution in [3.63, 3.8) is 0 Å². The summed E-state index contributed by atoms with van der Waals surface area (Å²) in [5.41, 5.74) is 10.4. The molecular formula is C14H20ClN3. The molecular weight excluding hydrogens is 246 g/mol. The van der Waals surface area contributed by atoms with Crippen molar-refractivity contribution in [2.75, 3.05) is 0 Å². The van der Waals surface area contributed by atoms with Crippen molar-refractivity contribution < 1.29 is 0 Å². The van der Waals surface area contributed by atoms with E-state index in [1.807, 2.05) is 18.5 Å². The molecule has 1 unspecified atom stereocenters. The van der Waals surface area contributed by atoms with Crippen LogP contribution in [0.25, 0.3) is 5.69 Å². The molecule has 0 fully saturated rings. The van der Waals surface area contributed by atoms with Crippen LogP contribution in [-0.4, -0.2) is 15.8 Å². The van der Waals surface area contributed by atoms with Gasteiger partial charge in [-0.15, -0.1) is 12.4 Å². The third kappa shape index (κ3) is 3.34. The van der Waals surface area contributed by atoms with Gasteiger partial charge in [-0.05, 0) is 51.0 Å². The van der Waals surface area contributed by atoms with E-state index in [4.69, 9.17) is 5.73 Å². The molecule has 3 nitrogen and oxygen atoms in total. The summed E-state index contributed by atoms with van der Waals surface area (Å²) >= 11 is 0. The van der Waals surface area contributed by atoms with E-state index in [2.05, 4.69) is 42.4 Å². The third-order valence-electron chi connectivity index (χ3n) is 2.72. The van der Waals surface area contributed by atoms with Gasteiger partial charge < -0.3 is 5.73 Å². The van der Waals surface area contributed by atoms with Crippen molar-refractivity contribution in [3.05, 3.63) is 47.3 Å². The van der Waals surface area contributed by atoms with Gasteiger partial charge in [0.15, 0.2) is 0 Å². The number of nitrogens with two attached hydrogens (primary N) is 1. The van der Waals surface area contributed by atoms with Crippen LogP contribution in [0, 0.1) is 13.8 Å². The van der Waals surface area contributed by atoms with Crippen LogP contribution in [0.15, 0.2) is 30.3 Å². The van der Waals surface area contributed by atoms with E-state index in [-0.39, 0.29) is 18.4 Å². The predicted octanol–water partition coefficient (Wildman–Crippen LogP) is 2.80. The number of nitrogens with zero attached hydrogens (tertiary/aromatic N) is 2. The summed E-state index contributed by atoms with van der Waals surface area (Å²) in [6.07, 6.45) is 0.896. The lowest BCUT2D eigenvalue weighted by atomic mass is 10.1. The van der Waals surface area contributed by atoms with Crippen LogP contribution in [0.3, 0.4) is 0 Å². The first-order valence-corrected chi connectivity index (χ1v) is 5.94. The standard InChI is InChI=1S/C14H19N3.ClH/c1-10(15)7-13-5-4-6-14(9-13)17-12(3)8-11(2)16-17;/h4-6,8-10H,7,15H2,1-3H3;1H. The summed E-state index contributed by atoms with van der Waals surface area (Å²) in [7, 11) is 0. The number of aromatic nitrogens is 2. The first-order valence-electron chi connectivity index (χ1n) is 5.94. The zero-order valence-electron chi connectivity index (χ0n) is 11.1. The van der Waals surface area contributed by atoms with Crippen molar-refractivity contribution in [2.24, 2.45) is 5.73 Å². The van der Waals surface area contributed by atoms with Gasteiger partial charge in [-0.3, -0.25) is 0 Å². The molecule has 0 saturated heterocycles. The summed E-state index contributed by atoms with van der Waals surface area (Å²) in [4.78, 5) is 0. The Bertz CT molecular complexity index is 518. The van der Waals surface area contributed by atoms with Crippen LogP contribution in [0.1, 0.15) is 23.9 Å². The Kier molecular flexibility index (Phi) is 4.93. The predicted molar refractivity (Wildman–Crippen MR) is 77.6 cm³/mol. The zero-order chi connectivity index (χ0) is 12.4. The number of hydrogen-bond acceptors (Lipinski definition) is 2. The van der Waals surface area contributed by atoms with E-state index in [1.165, 1.54) is 5.56 Å². The number of rotatable bonds is 3. The first-order chi connectivity index (χ1) is 8.06. The summed E-state index contributed by atoms with van der Waals surface area (Å²) in [5.74, 6) is 0. The van der Waals surface area contributed by atoms with Gasteiger partial charge in [0.05, 0.1) is 11.4 Å². The van der Waals surface area contributed by atoms with Crippen molar-refractivity contribution in [3.8, 4) is 5.69 Å². The molecule has 0 radical (unpaired) electrons. The topological polar surface area (TPSA) is 43.8 Å². The minimum absolute atomic E-state index is 0. The summed E-state index contributed by atoms with van der Waals surface area (Å²) in [6, 6.07) is 10.7. The van der Waals surface area contributed by atoms with E-state index in [1.54, 1.807) is 0 Å². The van der Waals surface area contributed by atoms with Crippen molar-refractivity contribution in [1.29, 1.82) is 0 Å². The minimum atomic E-state index is 0. The Balaban J connectivity index is 0.00000162. The molecule has 0 saturated carbocycles. The molecule has 2 aromatic rings. The maximum Gasteiger partial charge on any atom is 0.0651 e. The fourth-order valence-corrected chi connectivity index (χ4v) is 2.08. The molecule has 0 spiro atoms. The van der Waals surface area contributed by atoms with Crippen molar-refractivity contribution in [2.45, 2.75) is 33.2 Å². The largest absolute Gasteiger partial charge is 0.328 e. The van der Waals surface area contributed by atoms with Gasteiger partial charge in [0.1, 0.15) is 0 Å². The lowest BCUT2D eigenvalue weighted by Gasteiger charge is -2.09. The maximum absolute atomic E-state index is 5.82. The van der Waals surface area contributed by atoms with Crippen LogP contribution < -0.4 is 5.73 Å². The maximum atomic E-state index is 5.82. The SMILES string of the molecule is Cc1cc(C)n(-c2cccc(CC(C)N)c2)n1.Cl. The normalized spacial score (nSPS) is 12.0. The lowest BCUT2D eigenvalue weighted by Crippen LogP contribution is -2.17. The second-order valence-electron chi connectivity index (χ2n) is 4.69. The highest BCUT2D eigenvalue weighted by molar-refractivity contribution is 5.85. The molecule has 2 rings (SSSR count). The van der Waals surface area contributed by atoms with Gasteiger partial charge in [0.2, 0.25) is 0 Å². The average molecular weight is 266 g/mol. The Morgan fingerprint density at radius 3 is 2.56 bits per heavy atom. The Labute approximate surface area is 114 Å². The van der Waals surface area contributed by atoms with Crippen LogP contribution in [0.5, 0.6) is 0 Å². The molecule has 1 atom stereocenters. The van der Waals surface area contributed by atoms with Crippen LogP contribution in [0.4, 0.5) is 0 Å². The van der Waals surface area contributed by atoms with Gasteiger partial charge in [0.25, 0.3) is 0 Å². The summed E-state index contributed by atoms with van der Waals surface area (Å²) in [6.45, 7) is 6.10. The number of benzene rings is 1. The van der Waals surface area contributed by atoms with Gasteiger partial charge in [-0.1, -0.05) is 12.1 Å². The third-order valence-corrected chi connectivity index (χ3v) is 2.72. The monoisotopic (exact) mass is 265 g/mol. The van der Waals surface area contributed by atoms with Crippen LogP contribution >= 0.6 is 12.4 Å². The van der Waals surface area contributed by atoms with E-state index >= 15 is 0 Å². The molecule has 98 valence electrons. The summed E-state index contributed by atoms with van der Waals surface area (Å²) < 4.78 is 1.97. The van der Waals surface area contributed by atoms with Gasteiger partial charge in [0, 0.05) is 11.7 Å². The quantitative estimate of drug-likeness (QED) is 0.927. The highest BCUT2D eigenvalue weighted by Crippen LogP contribution is 2.14. The molecule has 1 heterocycles. The molecule has 18 heavy (non-hydrogen) atoms. The second-order valence-corrected chi connectivity index (χ2v) is 4.69. The van der Waals surface area contributed by atoms with Crippen molar-refractivity contribution >= 4 is 12.4 Å². The van der Waals surface area contributed by atoms with Gasteiger partial charge in [-0.2, -0.15) is 5.10 Å². The molecule has 0 bridgehead atoms. The van der Waals surface area contributed by atoms with E-state index in [0.29, 0.717) is 0 Å². The van der Waals surface area contributed by atoms with Crippen molar-refractivity contribution in [1.82, 2.24) is 9.78 Å². The Hall–Kier alpha value is -1.32. The van der Waals surface area contributed by atoms with E-state index in [9.17, 15) is 0 Å². The molecule has 1 aromatic heterocycles. The molecule has 1 aromatic carbocycles. The molecule has 0 aliphatic carbocycles. The van der Waals surface area contributed by atoms with E-state index in [0.717, 1.165) is 23.5 Å². The molecule has 0 aliphatic rings. The highest BCUT2D eigenvalue weighted by atomic mass is 35.5. The summed E-state index contributed by atoms with van der Waals surface area (Å²) in [5, 5.41) is 4.49. The zero-order valence-corrected chi connectivity index (χ0v) is 11.9. The Morgan fingerprint density at radius 1 is 1.28 bits per heavy atom. The first kappa shape index (κ1) is 14.7. The number of aryl methyl sites for hydroxylation is 2. The molecule has 0 amide bonds. The molecule has 4 heteroatoms. The molecule has 2 N–H and O–H groups in total.